The number of methoxy groups -OCH3 is 1. The van der Waals surface area contributed by atoms with Crippen molar-refractivity contribution >= 4 is 22.7 Å². The van der Waals surface area contributed by atoms with E-state index in [1.165, 1.54) is 6.42 Å². The van der Waals surface area contributed by atoms with Crippen molar-refractivity contribution in [1.82, 2.24) is 15.2 Å². The Morgan fingerprint density at radius 1 is 1.07 bits per heavy atom. The Kier molecular flexibility index (Phi) is 6.02. The second kappa shape index (κ2) is 9.03. The van der Waals surface area contributed by atoms with Crippen molar-refractivity contribution in [1.29, 1.82) is 0 Å². The zero-order chi connectivity index (χ0) is 20.9. The number of piperidine rings is 1. The molecule has 4 rings (SSSR count). The molecule has 2 aromatic carbocycles. The predicted octanol–water partition coefficient (Wildman–Crippen LogP) is 3.66. The number of likely N-dealkylation sites (tertiary alicyclic amines) is 1. The predicted molar refractivity (Wildman–Crippen MR) is 117 cm³/mol. The Bertz CT molecular complexity index is 1030. The molecule has 0 spiro atoms. The van der Waals surface area contributed by atoms with E-state index in [0.29, 0.717) is 18.5 Å². The van der Waals surface area contributed by atoms with Crippen molar-refractivity contribution in [2.75, 3.05) is 20.2 Å². The average molecular weight is 405 g/mol. The molecule has 1 saturated heterocycles. The first-order chi connectivity index (χ1) is 14.6. The summed E-state index contributed by atoms with van der Waals surface area (Å²) < 4.78 is 5.28. The maximum Gasteiger partial charge on any atom is 0.253 e. The van der Waals surface area contributed by atoms with Crippen LogP contribution >= 0.6 is 0 Å². The van der Waals surface area contributed by atoms with E-state index in [2.05, 4.69) is 10.3 Å². The minimum absolute atomic E-state index is 0.0489. The van der Waals surface area contributed by atoms with E-state index in [1.54, 1.807) is 7.11 Å². The summed E-state index contributed by atoms with van der Waals surface area (Å²) in [5, 5.41) is 3.95. The summed E-state index contributed by atoms with van der Waals surface area (Å²) in [6.07, 6.45) is 5.52. The molecule has 1 aliphatic heterocycles. The topological polar surface area (TPSA) is 74.4 Å². The van der Waals surface area contributed by atoms with Crippen molar-refractivity contribution in [2.24, 2.45) is 0 Å². The molecule has 3 aromatic rings. The van der Waals surface area contributed by atoms with Gasteiger partial charge in [-0.05, 0) is 60.7 Å². The number of hydrogen-bond donors (Lipinski definition) is 2. The van der Waals surface area contributed by atoms with Gasteiger partial charge in [0.2, 0.25) is 5.91 Å². The third-order valence-corrected chi connectivity index (χ3v) is 5.66. The van der Waals surface area contributed by atoms with E-state index in [0.717, 1.165) is 53.7 Å². The Morgan fingerprint density at radius 2 is 1.83 bits per heavy atom. The Hall–Kier alpha value is -3.28. The van der Waals surface area contributed by atoms with Crippen molar-refractivity contribution < 1.29 is 14.3 Å². The lowest BCUT2D eigenvalue weighted by Crippen LogP contribution is -2.35. The van der Waals surface area contributed by atoms with Crippen molar-refractivity contribution in [3.63, 3.8) is 0 Å². The van der Waals surface area contributed by atoms with Gasteiger partial charge in [0, 0.05) is 42.3 Å². The smallest absolute Gasteiger partial charge is 0.253 e. The van der Waals surface area contributed by atoms with Crippen molar-refractivity contribution in [3.8, 4) is 5.75 Å². The molecule has 1 fully saturated rings. The number of amides is 2. The number of aromatic amines is 1. The first-order valence-corrected chi connectivity index (χ1v) is 10.4. The van der Waals surface area contributed by atoms with Gasteiger partial charge in [0.05, 0.1) is 13.5 Å². The number of fused-ring (bicyclic) bond motifs is 1. The molecular formula is C24H27N3O3. The van der Waals surface area contributed by atoms with Gasteiger partial charge >= 0.3 is 0 Å². The number of H-pyrrole nitrogens is 1. The minimum atomic E-state index is -0.0489. The maximum atomic E-state index is 12.6. The summed E-state index contributed by atoms with van der Waals surface area (Å²) in [6, 6.07) is 13.3. The summed E-state index contributed by atoms with van der Waals surface area (Å²) in [6.45, 7) is 2.12. The third kappa shape index (κ3) is 4.48. The van der Waals surface area contributed by atoms with Gasteiger partial charge in [-0.25, -0.2) is 0 Å². The number of aromatic nitrogens is 1. The molecule has 2 N–H and O–H groups in total. The molecule has 2 amide bonds. The van der Waals surface area contributed by atoms with E-state index < -0.39 is 0 Å². The van der Waals surface area contributed by atoms with Crippen LogP contribution in [0.15, 0.2) is 48.7 Å². The maximum absolute atomic E-state index is 12.6. The largest absolute Gasteiger partial charge is 0.497 e. The van der Waals surface area contributed by atoms with E-state index in [9.17, 15) is 9.59 Å². The molecule has 6 nitrogen and oxygen atoms in total. The second-order valence-electron chi connectivity index (χ2n) is 7.73. The summed E-state index contributed by atoms with van der Waals surface area (Å²) in [5.74, 6) is 0.815. The lowest BCUT2D eigenvalue weighted by Gasteiger charge is -2.26. The molecule has 0 unspecified atom stereocenters. The van der Waals surface area contributed by atoms with Gasteiger partial charge in [-0.2, -0.15) is 0 Å². The molecular weight excluding hydrogens is 378 g/mol. The number of carbonyl (C=O) groups is 2. The number of benzene rings is 2. The van der Waals surface area contributed by atoms with Crippen LogP contribution in [0.2, 0.25) is 0 Å². The second-order valence-corrected chi connectivity index (χ2v) is 7.73. The van der Waals surface area contributed by atoms with Crippen LogP contribution in [0, 0.1) is 0 Å². The first-order valence-electron chi connectivity index (χ1n) is 10.4. The Morgan fingerprint density at radius 3 is 2.57 bits per heavy atom. The van der Waals surface area contributed by atoms with Crippen LogP contribution in [0.5, 0.6) is 5.75 Å². The average Bonchev–Trinajstić information content (AvgIpc) is 3.20. The highest BCUT2D eigenvalue weighted by Crippen LogP contribution is 2.24. The summed E-state index contributed by atoms with van der Waals surface area (Å²) >= 11 is 0. The van der Waals surface area contributed by atoms with E-state index >= 15 is 0 Å². The van der Waals surface area contributed by atoms with Gasteiger partial charge in [-0.15, -0.1) is 0 Å². The number of nitrogens with one attached hydrogen (secondary N) is 2. The molecule has 0 radical (unpaired) electrons. The molecule has 156 valence electrons. The first kappa shape index (κ1) is 20.0. The van der Waals surface area contributed by atoms with E-state index in [4.69, 9.17) is 4.74 Å². The Balaban J connectivity index is 1.33. The standard InChI is InChI=1S/C24H27N3O3/c1-30-20-9-10-22-21(14-20)19(16-25-22)13-23(28)26-15-17-5-7-18(8-6-17)24(29)27-11-3-2-4-12-27/h5-10,14,16,25H,2-4,11-13,15H2,1H3,(H,26,28). The van der Waals surface area contributed by atoms with Gasteiger partial charge in [-0.1, -0.05) is 12.1 Å². The van der Waals surface area contributed by atoms with Crippen LogP contribution in [0.1, 0.15) is 40.7 Å². The van der Waals surface area contributed by atoms with Crippen LogP contribution in [-0.2, 0) is 17.8 Å². The lowest BCUT2D eigenvalue weighted by molar-refractivity contribution is -0.120. The number of hydrogen-bond acceptors (Lipinski definition) is 3. The van der Waals surface area contributed by atoms with Gasteiger partial charge in [0.15, 0.2) is 0 Å². The third-order valence-electron chi connectivity index (χ3n) is 5.66. The fourth-order valence-electron chi connectivity index (χ4n) is 3.91. The van der Waals surface area contributed by atoms with E-state index in [1.807, 2.05) is 53.6 Å². The molecule has 1 aromatic heterocycles. The number of rotatable bonds is 6. The van der Waals surface area contributed by atoms with Crippen molar-refractivity contribution in [2.45, 2.75) is 32.2 Å². The number of nitrogens with zero attached hydrogens (tertiary/aromatic N) is 1. The molecule has 0 atom stereocenters. The quantitative estimate of drug-likeness (QED) is 0.657. The zero-order valence-electron chi connectivity index (χ0n) is 17.2. The van der Waals surface area contributed by atoms with Gasteiger partial charge in [-0.3, -0.25) is 9.59 Å². The van der Waals surface area contributed by atoms with Gasteiger partial charge < -0.3 is 19.9 Å². The molecule has 30 heavy (non-hydrogen) atoms. The molecule has 0 saturated carbocycles. The van der Waals surface area contributed by atoms with Gasteiger partial charge in [0.25, 0.3) is 5.91 Å². The monoisotopic (exact) mass is 405 g/mol. The summed E-state index contributed by atoms with van der Waals surface area (Å²) in [5.41, 5.74) is 3.59. The molecule has 2 heterocycles. The highest BCUT2D eigenvalue weighted by Gasteiger charge is 2.18. The van der Waals surface area contributed by atoms with Crippen LogP contribution in [0.25, 0.3) is 10.9 Å². The molecule has 6 heteroatoms. The fraction of sp³-hybridized carbons (Fsp3) is 0.333. The van der Waals surface area contributed by atoms with E-state index in [-0.39, 0.29) is 11.8 Å². The summed E-state index contributed by atoms with van der Waals surface area (Å²) in [4.78, 5) is 30.1. The molecule has 1 aliphatic rings. The van der Waals surface area contributed by atoms with Crippen LogP contribution in [-0.4, -0.2) is 41.9 Å². The fourth-order valence-corrected chi connectivity index (χ4v) is 3.91. The highest BCUT2D eigenvalue weighted by molar-refractivity contribution is 5.94. The van der Waals surface area contributed by atoms with Crippen LogP contribution in [0.4, 0.5) is 0 Å². The molecule has 0 aliphatic carbocycles. The summed E-state index contributed by atoms with van der Waals surface area (Å²) in [7, 11) is 1.63. The van der Waals surface area contributed by atoms with Crippen molar-refractivity contribution in [3.05, 3.63) is 65.4 Å². The van der Waals surface area contributed by atoms with Crippen LogP contribution < -0.4 is 10.1 Å². The molecule has 0 bridgehead atoms. The zero-order valence-corrected chi connectivity index (χ0v) is 17.2. The number of ether oxygens (including phenoxy) is 1. The Labute approximate surface area is 176 Å². The minimum Gasteiger partial charge on any atom is -0.497 e. The highest BCUT2D eigenvalue weighted by atomic mass is 16.5. The normalized spacial score (nSPS) is 14.0. The van der Waals surface area contributed by atoms with Gasteiger partial charge in [0.1, 0.15) is 5.75 Å². The SMILES string of the molecule is COc1ccc2[nH]cc(CC(=O)NCc3ccc(C(=O)N4CCCCC4)cc3)c2c1. The van der Waals surface area contributed by atoms with Crippen LogP contribution in [0.3, 0.4) is 0 Å². The number of carbonyl (C=O) groups excluding carboxylic acids is 2. The lowest BCUT2D eigenvalue weighted by atomic mass is 10.1.